The predicted octanol–water partition coefficient (Wildman–Crippen LogP) is 4.67. The lowest BCUT2D eigenvalue weighted by molar-refractivity contribution is 0.529. The van der Waals surface area contributed by atoms with E-state index in [-0.39, 0.29) is 10.5 Å². The fourth-order valence-electron chi connectivity index (χ4n) is 4.07. The van der Waals surface area contributed by atoms with Crippen LogP contribution in [0.4, 0.5) is 5.13 Å². The first-order chi connectivity index (χ1) is 14.9. The second-order valence-corrected chi connectivity index (χ2v) is 11.0. The highest BCUT2D eigenvalue weighted by molar-refractivity contribution is 7.92. The SMILES string of the molecule is Cc1cccc(Cc2csc(N3CCC(S(=O)(=O)c4ccccc4C#N)CC3)n2)c1C. The van der Waals surface area contributed by atoms with Gasteiger partial charge < -0.3 is 4.90 Å². The molecule has 0 radical (unpaired) electrons. The first kappa shape index (κ1) is 21.5. The third-order valence-electron chi connectivity index (χ3n) is 6.09. The van der Waals surface area contributed by atoms with Crippen LogP contribution in [0.25, 0.3) is 0 Å². The average Bonchev–Trinajstić information content (AvgIpc) is 3.25. The molecule has 1 aliphatic rings. The molecule has 0 unspecified atom stereocenters. The van der Waals surface area contributed by atoms with Crippen molar-refractivity contribution in [3.05, 3.63) is 75.8 Å². The van der Waals surface area contributed by atoms with Crippen LogP contribution in [-0.4, -0.2) is 31.7 Å². The number of thiazole rings is 1. The van der Waals surface area contributed by atoms with Gasteiger partial charge in [0, 0.05) is 24.9 Å². The van der Waals surface area contributed by atoms with Gasteiger partial charge >= 0.3 is 0 Å². The monoisotopic (exact) mass is 451 g/mol. The van der Waals surface area contributed by atoms with E-state index in [1.54, 1.807) is 35.6 Å². The number of aryl methyl sites for hydroxylation is 1. The number of hydrogen-bond donors (Lipinski definition) is 0. The number of anilines is 1. The van der Waals surface area contributed by atoms with Crippen LogP contribution in [0.15, 0.2) is 52.7 Å². The maximum Gasteiger partial charge on any atom is 0.185 e. The van der Waals surface area contributed by atoms with Crippen molar-refractivity contribution in [3.8, 4) is 6.07 Å². The van der Waals surface area contributed by atoms with E-state index in [2.05, 4.69) is 42.3 Å². The Hall–Kier alpha value is -2.69. The van der Waals surface area contributed by atoms with Crippen LogP contribution in [0.5, 0.6) is 0 Å². The number of nitriles is 1. The summed E-state index contributed by atoms with van der Waals surface area (Å²) in [5, 5.41) is 11.9. The largest absolute Gasteiger partial charge is 0.348 e. The highest BCUT2D eigenvalue weighted by Gasteiger charge is 2.33. The van der Waals surface area contributed by atoms with Gasteiger partial charge in [0.25, 0.3) is 0 Å². The molecule has 3 aromatic rings. The summed E-state index contributed by atoms with van der Waals surface area (Å²) in [6.45, 7) is 5.57. The van der Waals surface area contributed by atoms with Crippen LogP contribution in [0.1, 0.15) is 40.8 Å². The average molecular weight is 452 g/mol. The number of piperidine rings is 1. The van der Waals surface area contributed by atoms with E-state index in [0.29, 0.717) is 25.9 Å². The molecule has 160 valence electrons. The molecule has 4 rings (SSSR count). The van der Waals surface area contributed by atoms with Gasteiger partial charge in [-0.1, -0.05) is 30.3 Å². The Kier molecular flexibility index (Phi) is 6.12. The molecular formula is C24H25N3O2S2. The normalized spacial score (nSPS) is 15.1. The molecule has 1 saturated heterocycles. The van der Waals surface area contributed by atoms with Gasteiger partial charge in [0.2, 0.25) is 0 Å². The zero-order chi connectivity index (χ0) is 22.0. The fourth-order valence-corrected chi connectivity index (χ4v) is 6.82. The van der Waals surface area contributed by atoms with Gasteiger partial charge in [-0.2, -0.15) is 5.26 Å². The van der Waals surface area contributed by atoms with Gasteiger partial charge in [0.05, 0.1) is 21.4 Å². The molecule has 0 aliphatic carbocycles. The molecule has 0 spiro atoms. The summed E-state index contributed by atoms with van der Waals surface area (Å²) in [5.74, 6) is 0. The van der Waals surface area contributed by atoms with Crippen molar-refractivity contribution < 1.29 is 8.42 Å². The first-order valence-electron chi connectivity index (χ1n) is 10.4. The number of sulfone groups is 1. The standard InChI is InChI=1S/C24H25N3O2S2/c1-17-6-5-8-19(18(17)2)14-21-16-30-24(26-21)27-12-10-22(11-13-27)31(28,29)23-9-4-3-7-20(23)15-25/h3-9,16,22H,10-14H2,1-2H3. The van der Waals surface area contributed by atoms with Gasteiger partial charge in [-0.15, -0.1) is 11.3 Å². The van der Waals surface area contributed by atoms with E-state index in [9.17, 15) is 13.7 Å². The highest BCUT2D eigenvalue weighted by Crippen LogP contribution is 2.31. The summed E-state index contributed by atoms with van der Waals surface area (Å²) >= 11 is 1.62. The van der Waals surface area contributed by atoms with E-state index < -0.39 is 15.1 Å². The van der Waals surface area contributed by atoms with Crippen LogP contribution in [0.2, 0.25) is 0 Å². The summed E-state index contributed by atoms with van der Waals surface area (Å²) < 4.78 is 26.2. The molecule has 5 nitrogen and oxygen atoms in total. The molecule has 2 aromatic carbocycles. The molecule has 2 heterocycles. The zero-order valence-corrected chi connectivity index (χ0v) is 19.3. The Morgan fingerprint density at radius 3 is 2.61 bits per heavy atom. The second-order valence-electron chi connectivity index (χ2n) is 8.00. The van der Waals surface area contributed by atoms with Crippen LogP contribution < -0.4 is 4.90 Å². The minimum absolute atomic E-state index is 0.154. The second kappa shape index (κ2) is 8.81. The van der Waals surface area contributed by atoms with Crippen LogP contribution >= 0.6 is 11.3 Å². The minimum Gasteiger partial charge on any atom is -0.348 e. The summed E-state index contributed by atoms with van der Waals surface area (Å²) in [6, 6.07) is 14.8. The third-order valence-corrected chi connectivity index (χ3v) is 9.36. The van der Waals surface area contributed by atoms with Crippen LogP contribution in [0, 0.1) is 25.2 Å². The maximum absolute atomic E-state index is 13.1. The summed E-state index contributed by atoms with van der Waals surface area (Å²) in [4.78, 5) is 7.16. The summed E-state index contributed by atoms with van der Waals surface area (Å²) in [7, 11) is -3.52. The Morgan fingerprint density at radius 1 is 1.13 bits per heavy atom. The van der Waals surface area contributed by atoms with E-state index in [0.717, 1.165) is 17.2 Å². The summed E-state index contributed by atoms with van der Waals surface area (Å²) in [5.41, 5.74) is 5.15. The van der Waals surface area contributed by atoms with Crippen molar-refractivity contribution in [2.24, 2.45) is 0 Å². The first-order valence-corrected chi connectivity index (χ1v) is 12.8. The Bertz CT molecular complexity index is 1230. The lowest BCUT2D eigenvalue weighted by Gasteiger charge is -2.31. The van der Waals surface area contributed by atoms with Crippen LogP contribution in [-0.2, 0) is 16.3 Å². The van der Waals surface area contributed by atoms with Gasteiger partial charge in [0.1, 0.15) is 6.07 Å². The highest BCUT2D eigenvalue weighted by atomic mass is 32.2. The number of rotatable bonds is 5. The maximum atomic E-state index is 13.1. The molecule has 0 saturated carbocycles. The molecule has 0 atom stereocenters. The van der Waals surface area contributed by atoms with Gasteiger partial charge in [0.15, 0.2) is 15.0 Å². The van der Waals surface area contributed by atoms with E-state index in [4.69, 9.17) is 4.98 Å². The molecule has 0 N–H and O–H groups in total. The molecular weight excluding hydrogens is 426 g/mol. The molecule has 0 amide bonds. The lowest BCUT2D eigenvalue weighted by Crippen LogP contribution is -2.39. The van der Waals surface area contributed by atoms with Gasteiger partial charge in [-0.25, -0.2) is 13.4 Å². The van der Waals surface area contributed by atoms with Crippen molar-refractivity contribution in [1.29, 1.82) is 5.26 Å². The fraction of sp³-hybridized carbons (Fsp3) is 0.333. The molecule has 7 heteroatoms. The minimum atomic E-state index is -3.52. The Labute approximate surface area is 187 Å². The third kappa shape index (κ3) is 4.36. The quantitative estimate of drug-likeness (QED) is 0.564. The Balaban J connectivity index is 1.44. The number of aromatic nitrogens is 1. The molecule has 0 bridgehead atoms. The van der Waals surface area contributed by atoms with Crippen molar-refractivity contribution in [2.75, 3.05) is 18.0 Å². The number of hydrogen-bond acceptors (Lipinski definition) is 6. The predicted molar refractivity (Wildman–Crippen MR) is 124 cm³/mol. The number of nitrogens with zero attached hydrogens (tertiary/aromatic N) is 3. The molecule has 1 fully saturated rings. The van der Waals surface area contributed by atoms with E-state index >= 15 is 0 Å². The van der Waals surface area contributed by atoms with Crippen molar-refractivity contribution in [2.45, 2.75) is 43.3 Å². The topological polar surface area (TPSA) is 74.1 Å². The number of benzene rings is 2. The Morgan fingerprint density at radius 2 is 1.87 bits per heavy atom. The zero-order valence-electron chi connectivity index (χ0n) is 17.7. The van der Waals surface area contributed by atoms with E-state index in [1.807, 2.05) is 6.07 Å². The van der Waals surface area contributed by atoms with Crippen LogP contribution in [0.3, 0.4) is 0 Å². The van der Waals surface area contributed by atoms with Gasteiger partial charge in [-0.3, -0.25) is 0 Å². The van der Waals surface area contributed by atoms with Crippen molar-refractivity contribution >= 4 is 26.3 Å². The lowest BCUT2D eigenvalue weighted by atomic mass is 10.0. The smallest absolute Gasteiger partial charge is 0.185 e. The van der Waals surface area contributed by atoms with E-state index in [1.165, 1.54) is 16.7 Å². The molecule has 31 heavy (non-hydrogen) atoms. The molecule has 1 aliphatic heterocycles. The van der Waals surface area contributed by atoms with Crippen molar-refractivity contribution in [3.63, 3.8) is 0 Å². The van der Waals surface area contributed by atoms with Crippen molar-refractivity contribution in [1.82, 2.24) is 4.98 Å². The summed E-state index contributed by atoms with van der Waals surface area (Å²) in [6.07, 6.45) is 1.88. The van der Waals surface area contributed by atoms with Gasteiger partial charge in [-0.05, 0) is 55.5 Å². The molecule has 1 aromatic heterocycles.